The third-order valence-corrected chi connectivity index (χ3v) is 4.18. The SMILES string of the molecule is NCCCOC1CCN(C(=O)c2coc(-c3ccccc3)n2)CC1. The fraction of sp³-hybridized carbons (Fsp3) is 0.444. The van der Waals surface area contributed by atoms with E-state index < -0.39 is 0 Å². The Labute approximate surface area is 141 Å². The maximum atomic E-state index is 12.6. The maximum absolute atomic E-state index is 12.6. The minimum Gasteiger partial charge on any atom is -0.444 e. The molecule has 1 fully saturated rings. The van der Waals surface area contributed by atoms with Gasteiger partial charge in [-0.05, 0) is 37.9 Å². The summed E-state index contributed by atoms with van der Waals surface area (Å²) in [5, 5.41) is 0. The Hall–Kier alpha value is -2.18. The lowest BCUT2D eigenvalue weighted by molar-refractivity contribution is 0.00829. The predicted molar refractivity (Wildman–Crippen MR) is 90.5 cm³/mol. The van der Waals surface area contributed by atoms with Gasteiger partial charge in [0.25, 0.3) is 5.91 Å². The Morgan fingerprint density at radius 3 is 2.75 bits per heavy atom. The molecule has 2 N–H and O–H groups in total. The summed E-state index contributed by atoms with van der Waals surface area (Å²) in [5.41, 5.74) is 6.69. The molecular weight excluding hydrogens is 306 g/mol. The second-order valence-corrected chi connectivity index (χ2v) is 5.91. The van der Waals surface area contributed by atoms with Crippen LogP contribution in [0.1, 0.15) is 29.8 Å². The molecule has 1 aliphatic rings. The van der Waals surface area contributed by atoms with Crippen molar-refractivity contribution < 1.29 is 13.9 Å². The molecule has 0 unspecified atom stereocenters. The summed E-state index contributed by atoms with van der Waals surface area (Å²) in [6.45, 7) is 2.70. The molecule has 0 atom stereocenters. The molecule has 1 aromatic heterocycles. The van der Waals surface area contributed by atoms with E-state index in [1.54, 1.807) is 0 Å². The van der Waals surface area contributed by atoms with Gasteiger partial charge in [-0.1, -0.05) is 18.2 Å². The van der Waals surface area contributed by atoms with Crippen LogP contribution in [0.2, 0.25) is 0 Å². The molecule has 2 heterocycles. The van der Waals surface area contributed by atoms with Crippen LogP contribution in [0, 0.1) is 0 Å². The van der Waals surface area contributed by atoms with Crippen molar-refractivity contribution in [3.63, 3.8) is 0 Å². The van der Waals surface area contributed by atoms with E-state index >= 15 is 0 Å². The number of piperidine rings is 1. The number of oxazole rings is 1. The molecule has 1 aromatic carbocycles. The molecule has 2 aromatic rings. The van der Waals surface area contributed by atoms with Gasteiger partial charge in [0.15, 0.2) is 5.69 Å². The van der Waals surface area contributed by atoms with Gasteiger partial charge < -0.3 is 19.8 Å². The Morgan fingerprint density at radius 1 is 1.29 bits per heavy atom. The highest BCUT2D eigenvalue weighted by Gasteiger charge is 2.26. The number of likely N-dealkylation sites (tertiary alicyclic amines) is 1. The summed E-state index contributed by atoms with van der Waals surface area (Å²) in [4.78, 5) is 18.7. The summed E-state index contributed by atoms with van der Waals surface area (Å²) in [7, 11) is 0. The van der Waals surface area contributed by atoms with Gasteiger partial charge >= 0.3 is 0 Å². The second kappa shape index (κ2) is 8.08. The first-order chi connectivity index (χ1) is 11.8. The number of aromatic nitrogens is 1. The average molecular weight is 329 g/mol. The summed E-state index contributed by atoms with van der Waals surface area (Å²) in [6.07, 6.45) is 4.23. The molecule has 0 saturated carbocycles. The van der Waals surface area contributed by atoms with Crippen molar-refractivity contribution in [3.8, 4) is 11.5 Å². The Balaban J connectivity index is 1.55. The van der Waals surface area contributed by atoms with Crippen molar-refractivity contribution in [1.29, 1.82) is 0 Å². The Morgan fingerprint density at radius 2 is 2.04 bits per heavy atom. The number of nitrogens with two attached hydrogens (primary N) is 1. The molecule has 6 heteroatoms. The van der Waals surface area contributed by atoms with Gasteiger partial charge in [-0.15, -0.1) is 0 Å². The Bertz CT molecular complexity index is 649. The number of hydrogen-bond acceptors (Lipinski definition) is 5. The molecule has 0 radical (unpaired) electrons. The number of amides is 1. The first-order valence-corrected chi connectivity index (χ1v) is 8.40. The van der Waals surface area contributed by atoms with E-state index in [9.17, 15) is 4.79 Å². The minimum absolute atomic E-state index is 0.0821. The lowest BCUT2D eigenvalue weighted by atomic mass is 10.1. The third kappa shape index (κ3) is 4.01. The molecule has 24 heavy (non-hydrogen) atoms. The van der Waals surface area contributed by atoms with Crippen LogP contribution in [0.5, 0.6) is 0 Å². The van der Waals surface area contributed by atoms with Gasteiger partial charge in [0.1, 0.15) is 6.26 Å². The third-order valence-electron chi connectivity index (χ3n) is 4.18. The molecule has 0 spiro atoms. The molecule has 0 aliphatic carbocycles. The largest absolute Gasteiger partial charge is 0.444 e. The molecule has 6 nitrogen and oxygen atoms in total. The van der Waals surface area contributed by atoms with E-state index in [0.717, 1.165) is 24.8 Å². The zero-order valence-corrected chi connectivity index (χ0v) is 13.7. The van der Waals surface area contributed by atoms with E-state index in [1.165, 1.54) is 6.26 Å². The van der Waals surface area contributed by atoms with E-state index in [4.69, 9.17) is 14.9 Å². The van der Waals surface area contributed by atoms with Crippen LogP contribution in [-0.2, 0) is 4.74 Å². The first kappa shape index (κ1) is 16.7. The lowest BCUT2D eigenvalue weighted by Crippen LogP contribution is -2.41. The monoisotopic (exact) mass is 329 g/mol. The van der Waals surface area contributed by atoms with Crippen molar-refractivity contribution >= 4 is 5.91 Å². The van der Waals surface area contributed by atoms with Crippen LogP contribution >= 0.6 is 0 Å². The normalized spacial score (nSPS) is 15.6. The van der Waals surface area contributed by atoms with E-state index in [-0.39, 0.29) is 12.0 Å². The summed E-state index contributed by atoms with van der Waals surface area (Å²) in [5.74, 6) is 0.389. The highest BCUT2D eigenvalue weighted by atomic mass is 16.5. The number of carbonyl (C=O) groups excluding carboxylic acids is 1. The quantitative estimate of drug-likeness (QED) is 0.823. The van der Waals surface area contributed by atoms with Crippen molar-refractivity contribution in [2.45, 2.75) is 25.4 Å². The zero-order chi connectivity index (χ0) is 16.8. The van der Waals surface area contributed by atoms with Crippen LogP contribution in [0.4, 0.5) is 0 Å². The molecule has 1 amide bonds. The molecule has 0 bridgehead atoms. The predicted octanol–water partition coefficient (Wildman–Crippen LogP) is 2.31. The first-order valence-electron chi connectivity index (χ1n) is 8.40. The number of rotatable bonds is 6. The van der Waals surface area contributed by atoms with E-state index in [1.807, 2.05) is 35.2 Å². The van der Waals surface area contributed by atoms with Crippen LogP contribution in [0.15, 0.2) is 41.0 Å². The highest BCUT2D eigenvalue weighted by Crippen LogP contribution is 2.20. The maximum Gasteiger partial charge on any atom is 0.275 e. The molecule has 1 aliphatic heterocycles. The van der Waals surface area contributed by atoms with Gasteiger partial charge in [0.2, 0.25) is 5.89 Å². The highest BCUT2D eigenvalue weighted by molar-refractivity contribution is 5.92. The van der Waals surface area contributed by atoms with Gasteiger partial charge in [0.05, 0.1) is 6.10 Å². The number of carbonyl (C=O) groups is 1. The van der Waals surface area contributed by atoms with Crippen LogP contribution in [0.25, 0.3) is 11.5 Å². The number of ether oxygens (including phenoxy) is 1. The van der Waals surface area contributed by atoms with Gasteiger partial charge in [-0.2, -0.15) is 0 Å². The van der Waals surface area contributed by atoms with Crippen LogP contribution < -0.4 is 5.73 Å². The Kier molecular flexibility index (Phi) is 5.61. The molecule has 3 rings (SSSR count). The van der Waals surface area contributed by atoms with Crippen LogP contribution in [0.3, 0.4) is 0 Å². The second-order valence-electron chi connectivity index (χ2n) is 5.91. The molecule has 1 saturated heterocycles. The van der Waals surface area contributed by atoms with Crippen molar-refractivity contribution in [1.82, 2.24) is 9.88 Å². The molecule has 128 valence electrons. The smallest absolute Gasteiger partial charge is 0.275 e. The van der Waals surface area contributed by atoms with E-state index in [0.29, 0.717) is 37.8 Å². The standard InChI is InChI=1S/C18H23N3O3/c19-9-4-12-23-15-7-10-21(11-8-15)18(22)16-13-24-17(20-16)14-5-2-1-3-6-14/h1-3,5-6,13,15H,4,7-12,19H2. The van der Waals surface area contributed by atoms with E-state index in [2.05, 4.69) is 4.98 Å². The van der Waals surface area contributed by atoms with Crippen molar-refractivity contribution in [3.05, 3.63) is 42.3 Å². The van der Waals surface area contributed by atoms with Crippen LogP contribution in [-0.4, -0.2) is 48.1 Å². The number of hydrogen-bond donors (Lipinski definition) is 1. The fourth-order valence-electron chi connectivity index (χ4n) is 2.81. The topological polar surface area (TPSA) is 81.6 Å². The van der Waals surface area contributed by atoms with Crippen molar-refractivity contribution in [2.75, 3.05) is 26.2 Å². The number of nitrogens with zero attached hydrogens (tertiary/aromatic N) is 2. The van der Waals surface area contributed by atoms with Crippen molar-refractivity contribution in [2.24, 2.45) is 5.73 Å². The fourth-order valence-corrected chi connectivity index (χ4v) is 2.81. The van der Waals surface area contributed by atoms with Gasteiger partial charge in [-0.25, -0.2) is 4.98 Å². The van der Waals surface area contributed by atoms with Gasteiger partial charge in [-0.3, -0.25) is 4.79 Å². The molecular formula is C18H23N3O3. The average Bonchev–Trinajstić information content (AvgIpc) is 3.13. The summed E-state index contributed by atoms with van der Waals surface area (Å²) in [6, 6.07) is 9.57. The summed E-state index contributed by atoms with van der Waals surface area (Å²) >= 11 is 0. The van der Waals surface area contributed by atoms with Gasteiger partial charge in [0, 0.05) is 25.3 Å². The summed E-state index contributed by atoms with van der Waals surface area (Å²) < 4.78 is 11.2. The number of benzene rings is 1. The minimum atomic E-state index is -0.0821. The zero-order valence-electron chi connectivity index (χ0n) is 13.7. The lowest BCUT2D eigenvalue weighted by Gasteiger charge is -2.31.